The molecule has 1 heterocycles. The van der Waals surface area contributed by atoms with Gasteiger partial charge in [0.2, 0.25) is 0 Å². The molecule has 0 saturated carbocycles. The Morgan fingerprint density at radius 3 is 2.56 bits per heavy atom. The van der Waals surface area contributed by atoms with Crippen LogP contribution in [0.2, 0.25) is 0 Å². The van der Waals surface area contributed by atoms with Crippen LogP contribution in [0.1, 0.15) is 26.2 Å². The summed E-state index contributed by atoms with van der Waals surface area (Å²) in [4.78, 5) is 17.7. The van der Waals surface area contributed by atoms with E-state index in [0.717, 1.165) is 31.8 Å². The first-order valence-electron chi connectivity index (χ1n) is 8.66. The van der Waals surface area contributed by atoms with E-state index in [1.54, 1.807) is 19.1 Å². The Hall–Kier alpha value is -0.810. The molecule has 0 bridgehead atoms. The molecule has 0 atom stereocenters. The average Bonchev–Trinajstić information content (AvgIpc) is 2.60. The molecule has 0 unspecified atom stereocenters. The van der Waals surface area contributed by atoms with Crippen molar-refractivity contribution in [2.45, 2.75) is 32.2 Å². The largest absolute Gasteiger partial charge is 0.450 e. The molecule has 1 aliphatic rings. The molecule has 1 saturated heterocycles. The zero-order chi connectivity index (χ0) is 17.6. The molecular weight excluding hydrogens is 439 g/mol. The van der Waals surface area contributed by atoms with E-state index in [4.69, 9.17) is 14.2 Å². The molecule has 25 heavy (non-hydrogen) atoms. The second kappa shape index (κ2) is 15.4. The van der Waals surface area contributed by atoms with Crippen molar-refractivity contribution in [2.75, 3.05) is 60.2 Å². The number of methoxy groups -OCH3 is 1. The highest BCUT2D eigenvalue weighted by atomic mass is 127. The molecule has 1 aliphatic heterocycles. The summed E-state index contributed by atoms with van der Waals surface area (Å²) in [5, 5.41) is 6.69. The molecule has 8 nitrogen and oxygen atoms in total. The number of piperidine rings is 1. The van der Waals surface area contributed by atoms with Crippen LogP contribution in [0, 0.1) is 0 Å². The first-order valence-corrected chi connectivity index (χ1v) is 8.66. The highest BCUT2D eigenvalue weighted by Crippen LogP contribution is 2.11. The van der Waals surface area contributed by atoms with Gasteiger partial charge in [0.05, 0.1) is 19.8 Å². The third kappa shape index (κ3) is 10.7. The van der Waals surface area contributed by atoms with Gasteiger partial charge in [-0.05, 0) is 26.2 Å². The van der Waals surface area contributed by atoms with Gasteiger partial charge in [0.25, 0.3) is 0 Å². The number of carbonyl (C=O) groups is 1. The topological polar surface area (TPSA) is 84.4 Å². The number of likely N-dealkylation sites (tertiary alicyclic amines) is 1. The molecule has 1 fully saturated rings. The lowest BCUT2D eigenvalue weighted by Gasteiger charge is -2.32. The van der Waals surface area contributed by atoms with E-state index in [1.807, 2.05) is 6.92 Å². The van der Waals surface area contributed by atoms with Gasteiger partial charge < -0.3 is 29.7 Å². The molecule has 148 valence electrons. The average molecular weight is 472 g/mol. The Balaban J connectivity index is 0.00000576. The maximum atomic E-state index is 11.7. The maximum absolute atomic E-state index is 11.7. The lowest BCUT2D eigenvalue weighted by molar-refractivity contribution is 0.0698. The minimum atomic E-state index is -0.216. The molecule has 0 aromatic heterocycles. The lowest BCUT2D eigenvalue weighted by atomic mass is 10.1. The summed E-state index contributed by atoms with van der Waals surface area (Å²) in [6.45, 7) is 6.41. The third-order valence-electron chi connectivity index (χ3n) is 3.78. The van der Waals surface area contributed by atoms with Crippen LogP contribution in [0.3, 0.4) is 0 Å². The van der Waals surface area contributed by atoms with Crippen molar-refractivity contribution in [3.05, 3.63) is 0 Å². The number of guanidine groups is 1. The predicted molar refractivity (Wildman–Crippen MR) is 109 cm³/mol. The second-order valence-corrected chi connectivity index (χ2v) is 5.56. The van der Waals surface area contributed by atoms with E-state index < -0.39 is 0 Å². The van der Waals surface area contributed by atoms with Crippen LogP contribution in [-0.4, -0.2) is 83.2 Å². The Labute approximate surface area is 168 Å². The fourth-order valence-electron chi connectivity index (χ4n) is 2.43. The molecular formula is C16H33IN4O4. The van der Waals surface area contributed by atoms with Gasteiger partial charge in [-0.15, -0.1) is 24.0 Å². The lowest BCUT2D eigenvalue weighted by Crippen LogP contribution is -2.50. The summed E-state index contributed by atoms with van der Waals surface area (Å²) in [6.07, 6.45) is 2.47. The Bertz CT molecular complexity index is 377. The van der Waals surface area contributed by atoms with Crippen molar-refractivity contribution < 1.29 is 19.0 Å². The molecule has 0 aromatic rings. The highest BCUT2D eigenvalue weighted by Gasteiger charge is 2.23. The van der Waals surface area contributed by atoms with Crippen LogP contribution in [-0.2, 0) is 14.2 Å². The van der Waals surface area contributed by atoms with E-state index >= 15 is 0 Å². The molecule has 0 spiro atoms. The van der Waals surface area contributed by atoms with Gasteiger partial charge in [0.15, 0.2) is 5.96 Å². The van der Waals surface area contributed by atoms with Gasteiger partial charge >= 0.3 is 6.09 Å². The van der Waals surface area contributed by atoms with Crippen LogP contribution in [0.25, 0.3) is 0 Å². The zero-order valence-electron chi connectivity index (χ0n) is 15.6. The Morgan fingerprint density at radius 2 is 1.96 bits per heavy atom. The standard InChI is InChI=1S/C16H32N4O4.HI/c1-4-24-16(21)20-9-6-14(7-10-20)19-15(17-2)18-8-5-11-23-13-12-22-3;/h14H,4-13H2,1-3H3,(H2,17,18,19);1H. The van der Waals surface area contributed by atoms with E-state index in [-0.39, 0.29) is 30.1 Å². The number of halogens is 1. The predicted octanol–water partition coefficient (Wildman–Crippen LogP) is 1.44. The molecule has 1 rings (SSSR count). The number of carbonyl (C=O) groups excluding carboxylic acids is 1. The summed E-state index contributed by atoms with van der Waals surface area (Å²) < 4.78 is 15.4. The minimum Gasteiger partial charge on any atom is -0.450 e. The van der Waals surface area contributed by atoms with Crippen molar-refractivity contribution in [1.82, 2.24) is 15.5 Å². The van der Waals surface area contributed by atoms with Gasteiger partial charge in [-0.3, -0.25) is 4.99 Å². The van der Waals surface area contributed by atoms with Gasteiger partial charge in [-0.2, -0.15) is 0 Å². The van der Waals surface area contributed by atoms with E-state index in [2.05, 4.69) is 15.6 Å². The van der Waals surface area contributed by atoms with E-state index in [0.29, 0.717) is 45.6 Å². The molecule has 0 aromatic carbocycles. The van der Waals surface area contributed by atoms with Crippen molar-refractivity contribution in [3.63, 3.8) is 0 Å². The van der Waals surface area contributed by atoms with Crippen LogP contribution >= 0.6 is 24.0 Å². The van der Waals surface area contributed by atoms with Crippen LogP contribution in [0.15, 0.2) is 4.99 Å². The number of hydrogen-bond acceptors (Lipinski definition) is 5. The maximum Gasteiger partial charge on any atom is 0.409 e. The van der Waals surface area contributed by atoms with Gasteiger partial charge in [0.1, 0.15) is 0 Å². The van der Waals surface area contributed by atoms with E-state index in [1.165, 1.54) is 0 Å². The summed E-state index contributed by atoms with van der Waals surface area (Å²) in [5.74, 6) is 0.793. The van der Waals surface area contributed by atoms with Crippen molar-refractivity contribution in [1.29, 1.82) is 0 Å². The number of amides is 1. The molecule has 0 aliphatic carbocycles. The highest BCUT2D eigenvalue weighted by molar-refractivity contribution is 14.0. The first kappa shape index (κ1) is 24.2. The van der Waals surface area contributed by atoms with Gasteiger partial charge in [-0.25, -0.2) is 4.79 Å². The molecule has 0 radical (unpaired) electrons. The normalized spacial score (nSPS) is 15.5. The number of ether oxygens (including phenoxy) is 3. The number of rotatable bonds is 9. The van der Waals surface area contributed by atoms with Crippen molar-refractivity contribution in [2.24, 2.45) is 4.99 Å². The summed E-state index contributed by atoms with van der Waals surface area (Å²) in [5.41, 5.74) is 0. The fraction of sp³-hybridized carbons (Fsp3) is 0.875. The number of nitrogens with zero attached hydrogens (tertiary/aromatic N) is 2. The second-order valence-electron chi connectivity index (χ2n) is 5.56. The molecule has 2 N–H and O–H groups in total. The Morgan fingerprint density at radius 1 is 1.24 bits per heavy atom. The van der Waals surface area contributed by atoms with Gasteiger partial charge in [-0.1, -0.05) is 0 Å². The van der Waals surface area contributed by atoms with Crippen LogP contribution in [0.5, 0.6) is 0 Å². The monoisotopic (exact) mass is 472 g/mol. The quantitative estimate of drug-likeness (QED) is 0.229. The summed E-state index contributed by atoms with van der Waals surface area (Å²) in [6, 6.07) is 0.319. The van der Waals surface area contributed by atoms with E-state index in [9.17, 15) is 4.79 Å². The number of nitrogens with one attached hydrogen (secondary N) is 2. The summed E-state index contributed by atoms with van der Waals surface area (Å²) >= 11 is 0. The van der Waals surface area contributed by atoms with Gasteiger partial charge in [0, 0.05) is 46.4 Å². The first-order chi connectivity index (χ1) is 11.7. The Kier molecular flexibility index (Phi) is 14.9. The zero-order valence-corrected chi connectivity index (χ0v) is 17.9. The molecule has 9 heteroatoms. The fourth-order valence-corrected chi connectivity index (χ4v) is 2.43. The third-order valence-corrected chi connectivity index (χ3v) is 3.78. The van der Waals surface area contributed by atoms with Crippen molar-refractivity contribution >= 4 is 36.0 Å². The van der Waals surface area contributed by atoms with Crippen molar-refractivity contribution in [3.8, 4) is 0 Å². The van der Waals surface area contributed by atoms with Crippen LogP contribution < -0.4 is 10.6 Å². The number of hydrogen-bond donors (Lipinski definition) is 2. The summed E-state index contributed by atoms with van der Waals surface area (Å²) in [7, 11) is 3.43. The SMILES string of the molecule is CCOC(=O)N1CCC(NC(=NC)NCCCOCCOC)CC1.I. The number of aliphatic imine (C=N–C) groups is 1. The van der Waals surface area contributed by atoms with Crippen LogP contribution in [0.4, 0.5) is 4.79 Å². The minimum absolute atomic E-state index is 0. The smallest absolute Gasteiger partial charge is 0.409 e. The molecule has 1 amide bonds.